The Hall–Kier alpha value is -5.24. The van der Waals surface area contributed by atoms with Crippen LogP contribution in [0.15, 0.2) is 72.8 Å². The van der Waals surface area contributed by atoms with Gasteiger partial charge >= 0.3 is 0 Å². The van der Waals surface area contributed by atoms with Crippen LogP contribution in [0.2, 0.25) is 5.04 Å². The van der Waals surface area contributed by atoms with Crippen molar-refractivity contribution in [3.8, 4) is 46.0 Å². The van der Waals surface area contributed by atoms with E-state index in [9.17, 15) is 14.7 Å². The van der Waals surface area contributed by atoms with Crippen molar-refractivity contribution in [2.75, 3.05) is 55.9 Å². The Bertz CT molecular complexity index is 1920. The molecule has 2 atom stereocenters. The van der Waals surface area contributed by atoms with Gasteiger partial charge in [0.1, 0.15) is 13.2 Å². The summed E-state index contributed by atoms with van der Waals surface area (Å²) in [5.41, 5.74) is 0.726. The Morgan fingerprint density at radius 3 is 1.42 bits per heavy atom. The summed E-state index contributed by atoms with van der Waals surface area (Å²) >= 11 is 0. The second kappa shape index (κ2) is 17.5. The van der Waals surface area contributed by atoms with Crippen molar-refractivity contribution in [1.29, 1.82) is 0 Å². The lowest BCUT2D eigenvalue weighted by Crippen LogP contribution is -2.68. The number of carbonyl (C=O) groups is 2. The van der Waals surface area contributed by atoms with Gasteiger partial charge in [-0.2, -0.15) is 0 Å². The van der Waals surface area contributed by atoms with Crippen LogP contribution in [0.1, 0.15) is 54.3 Å². The van der Waals surface area contributed by atoms with E-state index in [2.05, 4.69) is 45.0 Å². The number of ether oxygens (including phenoxy) is 8. The number of Topliss-reactive ketones (excluding diaryl/α,β-unsaturated/α-hetero) is 2. The SMILES string of the molecule is COc1cc2c(c(OC)c1OC)OCC(O)CC2=O.COc1cc2c(c(OC)c1OC)OCC(O[Si](c1ccccc1)(c1ccccc1)C(C)(C)C)CC2=O. The summed E-state index contributed by atoms with van der Waals surface area (Å²) in [6, 6.07) is 23.9. The van der Waals surface area contributed by atoms with Gasteiger partial charge in [-0.3, -0.25) is 9.59 Å². The third-order valence-corrected chi connectivity index (χ3v) is 14.7. The van der Waals surface area contributed by atoms with Gasteiger partial charge in [0.15, 0.2) is 34.6 Å². The highest BCUT2D eigenvalue weighted by Crippen LogP contribution is 2.49. The minimum Gasteiger partial charge on any atom is -0.493 e. The largest absolute Gasteiger partial charge is 0.493 e. The first-order valence-corrected chi connectivity index (χ1v) is 19.7. The smallest absolute Gasteiger partial charge is 0.261 e. The molecule has 2 aliphatic heterocycles. The molecule has 0 bridgehead atoms. The summed E-state index contributed by atoms with van der Waals surface area (Å²) in [5.74, 6) is 2.48. The van der Waals surface area contributed by atoms with E-state index in [0.717, 1.165) is 10.4 Å². The first kappa shape index (κ1) is 40.9. The maximum Gasteiger partial charge on any atom is 0.261 e. The zero-order valence-electron chi connectivity index (χ0n) is 32.8. The molecule has 0 spiro atoms. The molecule has 55 heavy (non-hydrogen) atoms. The zero-order chi connectivity index (χ0) is 39.9. The van der Waals surface area contributed by atoms with Crippen molar-refractivity contribution in [3.05, 3.63) is 83.9 Å². The first-order chi connectivity index (χ1) is 26.4. The van der Waals surface area contributed by atoms with E-state index < -0.39 is 20.5 Å². The van der Waals surface area contributed by atoms with Gasteiger partial charge < -0.3 is 47.4 Å². The molecule has 2 unspecified atom stereocenters. The maximum absolute atomic E-state index is 13.6. The molecule has 12 nitrogen and oxygen atoms in total. The van der Waals surface area contributed by atoms with Crippen LogP contribution in [0.25, 0.3) is 0 Å². The van der Waals surface area contributed by atoms with Crippen molar-refractivity contribution in [2.24, 2.45) is 0 Å². The van der Waals surface area contributed by atoms with Gasteiger partial charge in [-0.25, -0.2) is 0 Å². The number of ketones is 2. The molecule has 6 rings (SSSR count). The second-order valence-electron chi connectivity index (χ2n) is 14.0. The van der Waals surface area contributed by atoms with Gasteiger partial charge in [0.05, 0.1) is 66.0 Å². The number of methoxy groups -OCH3 is 6. The first-order valence-electron chi connectivity index (χ1n) is 17.8. The van der Waals surface area contributed by atoms with Gasteiger partial charge in [-0.05, 0) is 27.5 Å². The highest BCUT2D eigenvalue weighted by Gasteiger charge is 2.52. The van der Waals surface area contributed by atoms with Gasteiger partial charge in [0.2, 0.25) is 23.0 Å². The Labute approximate surface area is 323 Å². The molecule has 0 saturated carbocycles. The Kier molecular flexibility index (Phi) is 13.0. The van der Waals surface area contributed by atoms with Gasteiger partial charge in [0, 0.05) is 12.8 Å². The molecular weight excluding hydrogens is 725 g/mol. The van der Waals surface area contributed by atoms with E-state index in [1.807, 2.05) is 36.4 Å². The molecule has 0 fully saturated rings. The van der Waals surface area contributed by atoms with Crippen LogP contribution in [0.4, 0.5) is 0 Å². The molecular formula is C42H50O12Si. The summed E-state index contributed by atoms with van der Waals surface area (Å²) in [4.78, 5) is 25.6. The molecule has 0 aromatic heterocycles. The van der Waals surface area contributed by atoms with E-state index >= 15 is 0 Å². The predicted octanol–water partition coefficient (Wildman–Crippen LogP) is 5.66. The van der Waals surface area contributed by atoms with Crippen LogP contribution in [-0.4, -0.2) is 93.1 Å². The molecule has 2 heterocycles. The van der Waals surface area contributed by atoms with E-state index in [0.29, 0.717) is 51.4 Å². The minimum absolute atomic E-state index is 0.00559. The fraction of sp³-hybridized carbons (Fsp3) is 0.381. The van der Waals surface area contributed by atoms with Crippen LogP contribution in [0.5, 0.6) is 46.0 Å². The molecule has 294 valence electrons. The molecule has 2 aliphatic rings. The van der Waals surface area contributed by atoms with Crippen LogP contribution in [0, 0.1) is 0 Å². The number of aliphatic hydroxyl groups is 1. The lowest BCUT2D eigenvalue weighted by molar-refractivity contribution is 0.0807. The van der Waals surface area contributed by atoms with Gasteiger partial charge in [0.25, 0.3) is 8.32 Å². The summed E-state index contributed by atoms with van der Waals surface area (Å²) in [6.45, 7) is 6.88. The second-order valence-corrected chi connectivity index (χ2v) is 18.2. The number of aliphatic hydroxyl groups excluding tert-OH is 1. The van der Waals surface area contributed by atoms with Crippen molar-refractivity contribution in [3.63, 3.8) is 0 Å². The van der Waals surface area contributed by atoms with E-state index in [4.69, 9.17) is 42.3 Å². The van der Waals surface area contributed by atoms with Crippen LogP contribution in [-0.2, 0) is 4.43 Å². The zero-order valence-corrected chi connectivity index (χ0v) is 33.8. The standard InChI is InChI=1S/C29H34O6Si.C13H16O6/c1-29(2,3)36(21-13-9-7-10-14-21,22-15-11-8-12-16-22)35-20-17-24(30)23-18-25(31-4)27(32-5)28(33-6)26(23)34-19-20;1-16-10-5-8-9(15)4-7(14)6-19-11(8)13(18-3)12(10)17-2/h7-16,18,20H,17,19H2,1-6H3;5,7,14H,4,6H2,1-3H3. The van der Waals surface area contributed by atoms with Crippen molar-refractivity contribution in [1.82, 2.24) is 0 Å². The predicted molar refractivity (Wildman–Crippen MR) is 210 cm³/mol. The number of rotatable bonds is 10. The van der Waals surface area contributed by atoms with E-state index in [-0.39, 0.29) is 48.4 Å². The van der Waals surface area contributed by atoms with Crippen LogP contribution >= 0.6 is 0 Å². The highest BCUT2D eigenvalue weighted by molar-refractivity contribution is 6.99. The third kappa shape index (κ3) is 8.09. The fourth-order valence-electron chi connectivity index (χ4n) is 7.09. The number of hydrogen-bond donors (Lipinski definition) is 1. The number of carbonyl (C=O) groups excluding carboxylic acids is 2. The summed E-state index contributed by atoms with van der Waals surface area (Å²) in [7, 11) is 6.11. The number of hydrogen-bond acceptors (Lipinski definition) is 12. The number of fused-ring (bicyclic) bond motifs is 2. The lowest BCUT2D eigenvalue weighted by Gasteiger charge is -2.44. The Balaban J connectivity index is 0.000000256. The molecule has 0 saturated heterocycles. The van der Waals surface area contributed by atoms with E-state index in [1.165, 1.54) is 48.7 Å². The molecule has 1 N–H and O–H groups in total. The average Bonchev–Trinajstić information content (AvgIpc) is 3.44. The average molecular weight is 775 g/mol. The maximum atomic E-state index is 13.6. The van der Waals surface area contributed by atoms with Crippen molar-refractivity contribution >= 4 is 30.3 Å². The quantitative estimate of drug-likeness (QED) is 0.199. The minimum atomic E-state index is -2.86. The molecule has 0 amide bonds. The normalized spacial score (nSPS) is 16.7. The third-order valence-electron chi connectivity index (χ3n) is 9.60. The molecule has 0 radical (unpaired) electrons. The summed E-state index contributed by atoms with van der Waals surface area (Å²) in [6.07, 6.45) is -1.11. The monoisotopic (exact) mass is 774 g/mol. The van der Waals surface area contributed by atoms with Gasteiger partial charge in [-0.15, -0.1) is 0 Å². The lowest BCUT2D eigenvalue weighted by atomic mass is 10.0. The summed E-state index contributed by atoms with van der Waals surface area (Å²) in [5, 5.41) is 11.7. The molecule has 13 heteroatoms. The molecule has 4 aromatic carbocycles. The van der Waals surface area contributed by atoms with Crippen molar-refractivity contribution < 1.29 is 57.0 Å². The molecule has 0 aliphatic carbocycles. The summed E-state index contributed by atoms with van der Waals surface area (Å²) < 4.78 is 51.1. The molecule has 4 aromatic rings. The van der Waals surface area contributed by atoms with Crippen LogP contribution < -0.4 is 48.3 Å². The van der Waals surface area contributed by atoms with Crippen molar-refractivity contribution in [2.45, 2.75) is 50.9 Å². The van der Waals surface area contributed by atoms with Gasteiger partial charge in [-0.1, -0.05) is 81.4 Å². The Morgan fingerprint density at radius 1 is 0.600 bits per heavy atom. The highest BCUT2D eigenvalue weighted by atomic mass is 28.4. The van der Waals surface area contributed by atoms with Crippen LogP contribution in [0.3, 0.4) is 0 Å². The fourth-order valence-corrected chi connectivity index (χ4v) is 11.8. The number of benzene rings is 4. The topological polar surface area (TPSA) is 137 Å². The Morgan fingerprint density at radius 2 is 1.02 bits per heavy atom. The van der Waals surface area contributed by atoms with E-state index in [1.54, 1.807) is 6.07 Å².